The molecule has 0 saturated heterocycles. The highest BCUT2D eigenvalue weighted by Gasteiger charge is 2.33. The second-order valence-electron chi connectivity index (χ2n) is 8.65. The van der Waals surface area contributed by atoms with Crippen molar-refractivity contribution in [2.45, 2.75) is 25.9 Å². The molecule has 0 fully saturated rings. The minimum atomic E-state index is -3.82. The molecule has 0 aliphatic rings. The zero-order valence-electron chi connectivity index (χ0n) is 20.8. The summed E-state index contributed by atoms with van der Waals surface area (Å²) in [7, 11) is -2.32. The molecule has 1 unspecified atom stereocenters. The second-order valence-corrected chi connectivity index (χ2v) is 11.4. The number of carbonyl (C=O) groups excluding carboxylic acids is 2. The number of sulfonamides is 1. The number of para-hydroxylation sites is 1. The Morgan fingerprint density at radius 3 is 2.16 bits per heavy atom. The Labute approximate surface area is 228 Å². The van der Waals surface area contributed by atoms with E-state index >= 15 is 0 Å². The van der Waals surface area contributed by atoms with Gasteiger partial charge in [0.1, 0.15) is 12.6 Å². The van der Waals surface area contributed by atoms with Crippen molar-refractivity contribution >= 4 is 50.7 Å². The van der Waals surface area contributed by atoms with Crippen LogP contribution in [0.5, 0.6) is 0 Å². The van der Waals surface area contributed by atoms with Crippen LogP contribution in [0.2, 0.25) is 10.0 Å². The van der Waals surface area contributed by atoms with E-state index in [-0.39, 0.29) is 18.9 Å². The van der Waals surface area contributed by atoms with Crippen LogP contribution < -0.4 is 9.62 Å². The van der Waals surface area contributed by atoms with Gasteiger partial charge in [0, 0.05) is 20.0 Å². The third-order valence-electron chi connectivity index (χ3n) is 5.92. The molecule has 196 valence electrons. The fourth-order valence-corrected chi connectivity index (χ4v) is 5.22. The maximum absolute atomic E-state index is 13.9. The maximum atomic E-state index is 13.9. The van der Waals surface area contributed by atoms with E-state index in [0.717, 1.165) is 16.1 Å². The van der Waals surface area contributed by atoms with Gasteiger partial charge in [-0.1, -0.05) is 77.8 Å². The summed E-state index contributed by atoms with van der Waals surface area (Å²) in [4.78, 5) is 28.4. The molecule has 2 amide bonds. The van der Waals surface area contributed by atoms with E-state index in [9.17, 15) is 18.0 Å². The minimum Gasteiger partial charge on any atom is -0.357 e. The van der Waals surface area contributed by atoms with Crippen molar-refractivity contribution in [1.29, 1.82) is 0 Å². The van der Waals surface area contributed by atoms with E-state index in [1.54, 1.807) is 49.4 Å². The van der Waals surface area contributed by atoms with Crippen LogP contribution in [0, 0.1) is 6.92 Å². The van der Waals surface area contributed by atoms with Crippen LogP contribution in [0.4, 0.5) is 5.69 Å². The summed E-state index contributed by atoms with van der Waals surface area (Å²) in [5.41, 5.74) is 2.59. The van der Waals surface area contributed by atoms with Crippen molar-refractivity contribution in [3.8, 4) is 0 Å². The van der Waals surface area contributed by atoms with Gasteiger partial charge in [0.2, 0.25) is 21.8 Å². The van der Waals surface area contributed by atoms with Crippen molar-refractivity contribution in [2.75, 3.05) is 24.2 Å². The number of aryl methyl sites for hydroxylation is 1. The predicted octanol–water partition coefficient (Wildman–Crippen LogP) is 4.45. The summed E-state index contributed by atoms with van der Waals surface area (Å²) in [5.74, 6) is -0.914. The summed E-state index contributed by atoms with van der Waals surface area (Å²) >= 11 is 12.3. The molecule has 3 rings (SSSR count). The van der Waals surface area contributed by atoms with Crippen LogP contribution in [0.3, 0.4) is 0 Å². The Morgan fingerprint density at radius 1 is 0.919 bits per heavy atom. The van der Waals surface area contributed by atoms with E-state index < -0.39 is 28.5 Å². The molecule has 1 N–H and O–H groups in total. The number of halogens is 2. The number of likely N-dealkylation sites (N-methyl/N-ethyl adjacent to an activating group) is 1. The molecule has 0 bridgehead atoms. The molecule has 10 heteroatoms. The van der Waals surface area contributed by atoms with E-state index in [0.29, 0.717) is 26.9 Å². The average molecular weight is 563 g/mol. The number of amides is 2. The monoisotopic (exact) mass is 561 g/mol. The summed E-state index contributed by atoms with van der Waals surface area (Å²) in [5, 5.41) is 3.31. The first-order valence-electron chi connectivity index (χ1n) is 11.5. The van der Waals surface area contributed by atoms with Gasteiger partial charge in [-0.2, -0.15) is 0 Å². The molecule has 0 spiro atoms. The zero-order valence-corrected chi connectivity index (χ0v) is 23.1. The summed E-state index contributed by atoms with van der Waals surface area (Å²) in [6.07, 6.45) is 1.28. The molecule has 7 nitrogen and oxygen atoms in total. The van der Waals surface area contributed by atoms with E-state index in [4.69, 9.17) is 23.2 Å². The molecule has 1 atom stereocenters. The van der Waals surface area contributed by atoms with Crippen LogP contribution in [0.15, 0.2) is 72.8 Å². The van der Waals surface area contributed by atoms with Crippen LogP contribution in [0.1, 0.15) is 16.7 Å². The standard InChI is InChI=1S/C27H29Cl2N3O4S/c1-19-9-7-8-12-24(19)32(37(3,35)36)18-26(33)31(17-21-13-14-22(28)23(29)15-21)25(27(34)30-2)16-20-10-5-4-6-11-20/h4-15,25H,16-18H2,1-3H3,(H,30,34). The van der Waals surface area contributed by atoms with Gasteiger partial charge < -0.3 is 10.2 Å². The fourth-order valence-electron chi connectivity index (χ4n) is 3.99. The van der Waals surface area contributed by atoms with Crippen molar-refractivity contribution in [1.82, 2.24) is 10.2 Å². The van der Waals surface area contributed by atoms with Crippen molar-refractivity contribution in [3.05, 3.63) is 99.5 Å². The molecule has 3 aromatic rings. The van der Waals surface area contributed by atoms with Crippen LogP contribution in [-0.4, -0.2) is 51.0 Å². The Kier molecular flexibility index (Phi) is 9.59. The van der Waals surface area contributed by atoms with Gasteiger partial charge in [-0.25, -0.2) is 8.42 Å². The van der Waals surface area contributed by atoms with Gasteiger partial charge in [-0.3, -0.25) is 13.9 Å². The van der Waals surface area contributed by atoms with Gasteiger partial charge in [-0.15, -0.1) is 0 Å². The zero-order chi connectivity index (χ0) is 27.2. The Morgan fingerprint density at radius 2 is 1.57 bits per heavy atom. The average Bonchev–Trinajstić information content (AvgIpc) is 2.86. The molecular formula is C27H29Cl2N3O4S. The Balaban J connectivity index is 2.05. The summed E-state index contributed by atoms with van der Waals surface area (Å²) < 4.78 is 26.6. The summed E-state index contributed by atoms with van der Waals surface area (Å²) in [6.45, 7) is 1.31. The highest BCUT2D eigenvalue weighted by atomic mass is 35.5. The molecule has 0 radical (unpaired) electrons. The smallest absolute Gasteiger partial charge is 0.244 e. The Bertz CT molecular complexity index is 1370. The number of hydrogen-bond donors (Lipinski definition) is 1. The van der Waals surface area contributed by atoms with Crippen molar-refractivity contribution < 1.29 is 18.0 Å². The highest BCUT2D eigenvalue weighted by Crippen LogP contribution is 2.26. The first kappa shape index (κ1) is 28.5. The predicted molar refractivity (Wildman–Crippen MR) is 148 cm³/mol. The normalized spacial score (nSPS) is 12.0. The molecular weight excluding hydrogens is 533 g/mol. The SMILES string of the molecule is CNC(=O)C(Cc1ccccc1)N(Cc1ccc(Cl)c(Cl)c1)C(=O)CN(c1ccccc1C)S(C)(=O)=O. The number of benzene rings is 3. The minimum absolute atomic E-state index is 0.0199. The first-order valence-corrected chi connectivity index (χ1v) is 14.1. The number of anilines is 1. The van der Waals surface area contributed by atoms with E-state index in [1.807, 2.05) is 30.3 Å². The van der Waals surface area contributed by atoms with E-state index in [1.165, 1.54) is 11.9 Å². The number of nitrogens with zero attached hydrogens (tertiary/aromatic N) is 2. The quantitative estimate of drug-likeness (QED) is 0.396. The Hall–Kier alpha value is -3.07. The molecule has 0 aliphatic carbocycles. The van der Waals surface area contributed by atoms with E-state index in [2.05, 4.69) is 5.32 Å². The lowest BCUT2D eigenvalue weighted by Crippen LogP contribution is -2.53. The molecule has 3 aromatic carbocycles. The fraction of sp³-hybridized carbons (Fsp3) is 0.259. The van der Waals surface area contributed by atoms with Crippen molar-refractivity contribution in [2.24, 2.45) is 0 Å². The molecule has 37 heavy (non-hydrogen) atoms. The van der Waals surface area contributed by atoms with Gasteiger partial charge in [0.15, 0.2) is 0 Å². The lowest BCUT2D eigenvalue weighted by atomic mass is 10.0. The topological polar surface area (TPSA) is 86.8 Å². The number of carbonyl (C=O) groups is 2. The number of rotatable bonds is 10. The van der Waals surface area contributed by atoms with Gasteiger partial charge in [-0.05, 0) is 41.8 Å². The molecule has 0 heterocycles. The summed E-state index contributed by atoms with van der Waals surface area (Å²) in [6, 6.07) is 20.3. The number of nitrogens with one attached hydrogen (secondary N) is 1. The van der Waals surface area contributed by atoms with Crippen molar-refractivity contribution in [3.63, 3.8) is 0 Å². The second kappa shape index (κ2) is 12.4. The third-order valence-corrected chi connectivity index (χ3v) is 7.78. The van der Waals surface area contributed by atoms with Gasteiger partial charge in [0.25, 0.3) is 0 Å². The molecule has 0 aromatic heterocycles. The maximum Gasteiger partial charge on any atom is 0.244 e. The lowest BCUT2D eigenvalue weighted by molar-refractivity contribution is -0.139. The number of hydrogen-bond acceptors (Lipinski definition) is 4. The molecule has 0 aliphatic heterocycles. The third kappa shape index (κ3) is 7.47. The van der Waals surface area contributed by atoms with Crippen LogP contribution in [0.25, 0.3) is 0 Å². The highest BCUT2D eigenvalue weighted by molar-refractivity contribution is 7.92. The van der Waals surface area contributed by atoms with Gasteiger partial charge >= 0.3 is 0 Å². The largest absolute Gasteiger partial charge is 0.357 e. The van der Waals surface area contributed by atoms with Crippen LogP contribution >= 0.6 is 23.2 Å². The van der Waals surface area contributed by atoms with Crippen LogP contribution in [-0.2, 0) is 32.6 Å². The lowest BCUT2D eigenvalue weighted by Gasteiger charge is -2.33. The first-order chi connectivity index (χ1) is 17.5. The van der Waals surface area contributed by atoms with Gasteiger partial charge in [0.05, 0.1) is 22.0 Å². The molecule has 0 saturated carbocycles.